The molecule has 1 aromatic rings. The van der Waals surface area contributed by atoms with Gasteiger partial charge in [-0.3, -0.25) is 0 Å². The average molecular weight is 298 g/mol. The summed E-state index contributed by atoms with van der Waals surface area (Å²) in [4.78, 5) is 0. The van der Waals surface area contributed by atoms with Gasteiger partial charge in [0, 0.05) is 30.0 Å². The van der Waals surface area contributed by atoms with Crippen molar-refractivity contribution in [2.45, 2.75) is 39.3 Å². The van der Waals surface area contributed by atoms with E-state index >= 15 is 0 Å². The molecule has 0 aromatic heterocycles. The molecule has 0 aliphatic carbocycles. The van der Waals surface area contributed by atoms with E-state index in [4.69, 9.17) is 21.1 Å². The summed E-state index contributed by atoms with van der Waals surface area (Å²) in [6, 6.07) is 5.86. The molecule has 112 valence electrons. The first-order chi connectivity index (χ1) is 9.65. The molecule has 3 nitrogen and oxygen atoms in total. The van der Waals surface area contributed by atoms with Gasteiger partial charge in [0.2, 0.25) is 0 Å². The minimum atomic E-state index is 0.258. The Morgan fingerprint density at radius 2 is 2.10 bits per heavy atom. The molecular weight excluding hydrogens is 274 g/mol. The predicted octanol–water partition coefficient (Wildman–Crippen LogP) is 3.64. The van der Waals surface area contributed by atoms with Crippen LogP contribution in [0.25, 0.3) is 0 Å². The van der Waals surface area contributed by atoms with Crippen LogP contribution in [0.1, 0.15) is 32.3 Å². The summed E-state index contributed by atoms with van der Waals surface area (Å²) >= 11 is 6.10. The zero-order valence-corrected chi connectivity index (χ0v) is 13.1. The smallest absolute Gasteiger partial charge is 0.124 e. The van der Waals surface area contributed by atoms with Crippen LogP contribution in [0, 0.1) is 5.92 Å². The van der Waals surface area contributed by atoms with Gasteiger partial charge < -0.3 is 14.8 Å². The number of rotatable bonds is 6. The maximum absolute atomic E-state index is 6.12. The van der Waals surface area contributed by atoms with Gasteiger partial charge in [-0.2, -0.15) is 0 Å². The molecule has 1 aromatic carbocycles. The van der Waals surface area contributed by atoms with E-state index in [1.54, 1.807) is 0 Å². The fraction of sp³-hybridized carbons (Fsp3) is 0.625. The highest BCUT2D eigenvalue weighted by molar-refractivity contribution is 6.30. The summed E-state index contributed by atoms with van der Waals surface area (Å²) in [5.41, 5.74) is 1.13. The molecule has 0 amide bonds. The third kappa shape index (κ3) is 4.97. The Labute approximate surface area is 126 Å². The number of nitrogens with one attached hydrogen (secondary N) is 1. The monoisotopic (exact) mass is 297 g/mol. The Bertz CT molecular complexity index is 417. The quantitative estimate of drug-likeness (QED) is 0.869. The van der Waals surface area contributed by atoms with Crippen molar-refractivity contribution in [2.75, 3.05) is 19.8 Å². The summed E-state index contributed by atoms with van der Waals surface area (Å²) in [5, 5.41) is 4.20. The van der Waals surface area contributed by atoms with Crippen LogP contribution in [-0.2, 0) is 11.3 Å². The molecular formula is C16H24ClNO2. The lowest BCUT2D eigenvalue weighted by molar-refractivity contribution is 0.0251. The molecule has 0 bridgehead atoms. The Kier molecular flexibility index (Phi) is 6.14. The van der Waals surface area contributed by atoms with Crippen LogP contribution in [0.3, 0.4) is 0 Å². The lowest BCUT2D eigenvalue weighted by atomic mass is 10.1. The van der Waals surface area contributed by atoms with Gasteiger partial charge in [0.1, 0.15) is 11.9 Å². The molecule has 4 heteroatoms. The van der Waals surface area contributed by atoms with Crippen LogP contribution in [0.4, 0.5) is 0 Å². The lowest BCUT2D eigenvalue weighted by Gasteiger charge is -2.24. The number of benzene rings is 1. The first kappa shape index (κ1) is 15.6. The van der Waals surface area contributed by atoms with E-state index in [1.165, 1.54) is 0 Å². The molecule has 0 spiro atoms. The molecule has 1 fully saturated rings. The highest BCUT2D eigenvalue weighted by Crippen LogP contribution is 2.26. The molecule has 1 aliphatic rings. The van der Waals surface area contributed by atoms with Crippen molar-refractivity contribution in [3.63, 3.8) is 0 Å². The van der Waals surface area contributed by atoms with E-state index in [-0.39, 0.29) is 6.10 Å². The van der Waals surface area contributed by atoms with Gasteiger partial charge in [0.25, 0.3) is 0 Å². The second-order valence-electron chi connectivity index (χ2n) is 5.71. The van der Waals surface area contributed by atoms with Crippen molar-refractivity contribution < 1.29 is 9.47 Å². The van der Waals surface area contributed by atoms with E-state index in [2.05, 4.69) is 19.2 Å². The molecule has 20 heavy (non-hydrogen) atoms. The fourth-order valence-corrected chi connectivity index (χ4v) is 2.46. The highest BCUT2D eigenvalue weighted by atomic mass is 35.5. The Morgan fingerprint density at radius 3 is 2.80 bits per heavy atom. The topological polar surface area (TPSA) is 30.5 Å². The summed E-state index contributed by atoms with van der Waals surface area (Å²) < 4.78 is 11.5. The van der Waals surface area contributed by atoms with Crippen LogP contribution in [0.15, 0.2) is 18.2 Å². The van der Waals surface area contributed by atoms with Crippen LogP contribution in [-0.4, -0.2) is 25.9 Å². The molecule has 1 aliphatic heterocycles. The number of halogens is 1. The van der Waals surface area contributed by atoms with Gasteiger partial charge in [-0.25, -0.2) is 0 Å². The number of ether oxygens (including phenoxy) is 2. The van der Waals surface area contributed by atoms with E-state index < -0.39 is 0 Å². The first-order valence-electron chi connectivity index (χ1n) is 7.38. The summed E-state index contributed by atoms with van der Waals surface area (Å²) in [6.07, 6.45) is 2.18. The highest BCUT2D eigenvalue weighted by Gasteiger charge is 2.17. The number of hydrogen-bond donors (Lipinski definition) is 1. The van der Waals surface area contributed by atoms with Gasteiger partial charge in [0.15, 0.2) is 0 Å². The summed E-state index contributed by atoms with van der Waals surface area (Å²) in [7, 11) is 0. The first-order valence-corrected chi connectivity index (χ1v) is 7.76. The van der Waals surface area contributed by atoms with Crippen LogP contribution >= 0.6 is 11.6 Å². The molecule has 0 unspecified atom stereocenters. The van der Waals surface area contributed by atoms with E-state index in [0.717, 1.165) is 55.5 Å². The molecule has 1 heterocycles. The van der Waals surface area contributed by atoms with E-state index in [0.29, 0.717) is 5.92 Å². The standard InChI is InChI=1S/C16H24ClNO2/c1-12(2)10-18-11-13-9-14(17)3-4-16(13)20-15-5-7-19-8-6-15/h3-4,9,12,15,18H,5-8,10-11H2,1-2H3. The average Bonchev–Trinajstić information content (AvgIpc) is 2.42. The predicted molar refractivity (Wildman–Crippen MR) is 82.5 cm³/mol. The molecule has 1 N–H and O–H groups in total. The minimum Gasteiger partial charge on any atom is -0.490 e. The van der Waals surface area contributed by atoms with E-state index in [1.807, 2.05) is 18.2 Å². The maximum Gasteiger partial charge on any atom is 0.124 e. The van der Waals surface area contributed by atoms with E-state index in [9.17, 15) is 0 Å². The molecule has 0 saturated carbocycles. The van der Waals surface area contributed by atoms with Gasteiger partial charge in [-0.15, -0.1) is 0 Å². The zero-order chi connectivity index (χ0) is 14.4. The second kappa shape index (κ2) is 7.87. The molecule has 0 radical (unpaired) electrons. The third-order valence-corrected chi connectivity index (χ3v) is 3.59. The van der Waals surface area contributed by atoms with Crippen molar-refractivity contribution in [3.05, 3.63) is 28.8 Å². The Balaban J connectivity index is 1.98. The van der Waals surface area contributed by atoms with Crippen molar-refractivity contribution >= 4 is 11.6 Å². The van der Waals surface area contributed by atoms with Crippen molar-refractivity contribution in [2.24, 2.45) is 5.92 Å². The van der Waals surface area contributed by atoms with Crippen LogP contribution < -0.4 is 10.1 Å². The van der Waals surface area contributed by atoms with Crippen LogP contribution in [0.5, 0.6) is 5.75 Å². The lowest BCUT2D eigenvalue weighted by Crippen LogP contribution is -2.27. The van der Waals surface area contributed by atoms with Gasteiger partial charge >= 0.3 is 0 Å². The Hall–Kier alpha value is -0.770. The number of hydrogen-bond acceptors (Lipinski definition) is 3. The van der Waals surface area contributed by atoms with Gasteiger partial charge in [-0.05, 0) is 30.7 Å². The van der Waals surface area contributed by atoms with Gasteiger partial charge in [0.05, 0.1) is 13.2 Å². The molecule has 1 saturated heterocycles. The minimum absolute atomic E-state index is 0.258. The van der Waals surface area contributed by atoms with Gasteiger partial charge in [-0.1, -0.05) is 25.4 Å². The third-order valence-electron chi connectivity index (χ3n) is 3.35. The van der Waals surface area contributed by atoms with Crippen molar-refractivity contribution in [3.8, 4) is 5.75 Å². The normalized spacial score (nSPS) is 16.6. The Morgan fingerprint density at radius 1 is 1.35 bits per heavy atom. The molecule has 2 rings (SSSR count). The molecule has 0 atom stereocenters. The van der Waals surface area contributed by atoms with Crippen molar-refractivity contribution in [1.82, 2.24) is 5.32 Å². The van der Waals surface area contributed by atoms with Crippen LogP contribution in [0.2, 0.25) is 5.02 Å². The zero-order valence-electron chi connectivity index (χ0n) is 12.3. The SMILES string of the molecule is CC(C)CNCc1cc(Cl)ccc1OC1CCOCC1. The maximum atomic E-state index is 6.12. The van der Waals surface area contributed by atoms with Crippen molar-refractivity contribution in [1.29, 1.82) is 0 Å². The fourth-order valence-electron chi connectivity index (χ4n) is 2.27. The summed E-state index contributed by atoms with van der Waals surface area (Å²) in [5.74, 6) is 1.58. The largest absolute Gasteiger partial charge is 0.490 e. The second-order valence-corrected chi connectivity index (χ2v) is 6.14. The summed E-state index contributed by atoms with van der Waals surface area (Å²) in [6.45, 7) is 7.76.